The molecular formula is C26H39N3O6. The molecular weight excluding hydrogens is 450 g/mol. The van der Waals surface area contributed by atoms with Crippen molar-refractivity contribution in [2.24, 2.45) is 5.92 Å². The normalized spacial score (nSPS) is 16.6. The van der Waals surface area contributed by atoms with Crippen molar-refractivity contribution in [3.8, 4) is 5.75 Å². The summed E-state index contributed by atoms with van der Waals surface area (Å²) in [6.07, 6.45) is 4.71. The van der Waals surface area contributed by atoms with E-state index in [0.29, 0.717) is 0 Å². The number of rotatable bonds is 10. The molecule has 0 aliphatic heterocycles. The van der Waals surface area contributed by atoms with Crippen molar-refractivity contribution < 1.29 is 29.0 Å². The van der Waals surface area contributed by atoms with Crippen LogP contribution in [0.2, 0.25) is 0 Å². The molecule has 0 spiro atoms. The van der Waals surface area contributed by atoms with Crippen LogP contribution in [0.3, 0.4) is 0 Å². The molecule has 0 aromatic heterocycles. The van der Waals surface area contributed by atoms with Crippen LogP contribution in [-0.2, 0) is 30.3 Å². The average molecular weight is 490 g/mol. The predicted octanol–water partition coefficient (Wildman–Crippen LogP) is 2.30. The number of ether oxygens (including phenoxy) is 1. The van der Waals surface area contributed by atoms with Gasteiger partial charge in [0.2, 0.25) is 17.7 Å². The molecule has 0 unspecified atom stereocenters. The van der Waals surface area contributed by atoms with E-state index >= 15 is 0 Å². The highest BCUT2D eigenvalue weighted by Crippen LogP contribution is 2.26. The molecule has 1 fully saturated rings. The number of nitrogens with zero attached hydrogens (tertiary/aromatic N) is 1. The average Bonchev–Trinajstić information content (AvgIpc) is 2.83. The number of hydrogen-bond donors (Lipinski definition) is 3. The summed E-state index contributed by atoms with van der Waals surface area (Å²) in [6.45, 7) is 6.62. The van der Waals surface area contributed by atoms with Crippen LogP contribution in [0, 0.1) is 5.92 Å². The zero-order valence-electron chi connectivity index (χ0n) is 21.4. The van der Waals surface area contributed by atoms with Gasteiger partial charge >= 0.3 is 5.97 Å². The summed E-state index contributed by atoms with van der Waals surface area (Å²) in [5, 5.41) is 15.1. The molecule has 0 bridgehead atoms. The Labute approximate surface area is 207 Å². The van der Waals surface area contributed by atoms with Gasteiger partial charge in [0.15, 0.2) is 0 Å². The Morgan fingerprint density at radius 1 is 1.03 bits per heavy atom. The molecule has 1 aromatic carbocycles. The third kappa shape index (κ3) is 7.97. The molecule has 9 nitrogen and oxygen atoms in total. The highest BCUT2D eigenvalue weighted by molar-refractivity contribution is 5.93. The second-order valence-corrected chi connectivity index (χ2v) is 9.59. The van der Waals surface area contributed by atoms with Crippen LogP contribution in [0.25, 0.3) is 0 Å². The van der Waals surface area contributed by atoms with Gasteiger partial charge in [-0.15, -0.1) is 0 Å². The number of esters is 1. The maximum atomic E-state index is 13.9. The number of phenols is 1. The third-order valence-corrected chi connectivity index (χ3v) is 6.49. The maximum Gasteiger partial charge on any atom is 0.328 e. The van der Waals surface area contributed by atoms with Crippen LogP contribution in [0.5, 0.6) is 5.75 Å². The molecule has 9 heteroatoms. The Morgan fingerprint density at radius 2 is 1.63 bits per heavy atom. The Morgan fingerprint density at radius 3 is 2.14 bits per heavy atom. The minimum atomic E-state index is -0.879. The monoisotopic (exact) mass is 489 g/mol. The Hall–Kier alpha value is -3.10. The number of phenolic OH excluding ortho intramolecular Hbond substituents is 1. The Balaban J connectivity index is 2.34. The second-order valence-electron chi connectivity index (χ2n) is 9.59. The van der Waals surface area contributed by atoms with Gasteiger partial charge in [-0.05, 0) is 43.4 Å². The molecule has 0 radical (unpaired) electrons. The van der Waals surface area contributed by atoms with Crippen molar-refractivity contribution >= 4 is 23.7 Å². The molecule has 0 saturated heterocycles. The van der Waals surface area contributed by atoms with Gasteiger partial charge in [-0.25, -0.2) is 4.79 Å². The lowest BCUT2D eigenvalue weighted by atomic mass is 9.91. The fourth-order valence-corrected chi connectivity index (χ4v) is 4.56. The molecule has 1 aliphatic rings. The molecule has 3 atom stereocenters. The smallest absolute Gasteiger partial charge is 0.328 e. The highest BCUT2D eigenvalue weighted by Gasteiger charge is 2.38. The lowest BCUT2D eigenvalue weighted by molar-refractivity contribution is -0.149. The summed E-state index contributed by atoms with van der Waals surface area (Å²) in [5.41, 5.74) is 0.765. The van der Waals surface area contributed by atoms with Crippen LogP contribution in [0.15, 0.2) is 24.3 Å². The highest BCUT2D eigenvalue weighted by atomic mass is 16.5. The fraction of sp³-hybridized carbons (Fsp3) is 0.615. The summed E-state index contributed by atoms with van der Waals surface area (Å²) >= 11 is 0. The van der Waals surface area contributed by atoms with Crippen LogP contribution in [-0.4, -0.2) is 65.0 Å². The third-order valence-electron chi connectivity index (χ3n) is 6.49. The molecule has 2 rings (SSSR count). The first kappa shape index (κ1) is 28.1. The van der Waals surface area contributed by atoms with Crippen molar-refractivity contribution in [3.05, 3.63) is 29.8 Å². The van der Waals surface area contributed by atoms with E-state index in [2.05, 4.69) is 10.6 Å². The number of hydrogen-bond acceptors (Lipinski definition) is 6. The predicted molar refractivity (Wildman–Crippen MR) is 131 cm³/mol. The van der Waals surface area contributed by atoms with Crippen molar-refractivity contribution in [1.29, 1.82) is 0 Å². The van der Waals surface area contributed by atoms with Gasteiger partial charge < -0.3 is 25.4 Å². The second kappa shape index (κ2) is 13.1. The van der Waals surface area contributed by atoms with Crippen LogP contribution >= 0.6 is 0 Å². The first-order chi connectivity index (χ1) is 16.5. The van der Waals surface area contributed by atoms with Crippen LogP contribution in [0.1, 0.15) is 65.4 Å². The van der Waals surface area contributed by atoms with E-state index in [-0.39, 0.29) is 35.9 Å². The van der Waals surface area contributed by atoms with Gasteiger partial charge in [0.1, 0.15) is 23.9 Å². The van der Waals surface area contributed by atoms with E-state index in [1.807, 2.05) is 0 Å². The molecule has 1 aromatic rings. The summed E-state index contributed by atoms with van der Waals surface area (Å²) < 4.78 is 4.84. The van der Waals surface area contributed by atoms with Crippen LogP contribution in [0.4, 0.5) is 0 Å². The van der Waals surface area contributed by atoms with E-state index in [0.717, 1.165) is 37.7 Å². The van der Waals surface area contributed by atoms with E-state index in [1.54, 1.807) is 37.8 Å². The minimum Gasteiger partial charge on any atom is -0.508 e. The van der Waals surface area contributed by atoms with E-state index < -0.39 is 30.0 Å². The summed E-state index contributed by atoms with van der Waals surface area (Å²) in [7, 11) is 1.27. The summed E-state index contributed by atoms with van der Waals surface area (Å²) in [5.74, 6) is -1.77. The molecule has 3 amide bonds. The SMILES string of the molecule is COC(=O)[C@@H](NC(=O)[C@H](C)N(C(=O)[C@H](Cc1ccc(O)cc1)NC(C)=O)C1CCCCC1)C(C)C. The molecule has 35 heavy (non-hydrogen) atoms. The standard InChI is InChI=1S/C26H39N3O6/c1-16(2)23(26(34)35-5)28-24(32)17(3)29(20-9-7-6-8-10-20)25(33)22(27-18(4)30)15-19-11-13-21(31)14-12-19/h11-14,16-17,20,22-23,31H,6-10,15H2,1-5H3,(H,27,30)(H,28,32)/t17-,22-,23-/m0/s1. The molecule has 1 saturated carbocycles. The van der Waals surface area contributed by atoms with E-state index in [4.69, 9.17) is 4.74 Å². The molecule has 3 N–H and O–H groups in total. The largest absolute Gasteiger partial charge is 0.508 e. The molecule has 194 valence electrons. The molecule has 0 heterocycles. The number of methoxy groups -OCH3 is 1. The zero-order valence-corrected chi connectivity index (χ0v) is 21.4. The topological polar surface area (TPSA) is 125 Å². The van der Waals surface area contributed by atoms with E-state index in [1.165, 1.54) is 26.2 Å². The van der Waals surface area contributed by atoms with Gasteiger partial charge in [0, 0.05) is 19.4 Å². The Bertz CT molecular complexity index is 880. The number of carbonyl (C=O) groups excluding carboxylic acids is 4. The van der Waals surface area contributed by atoms with Gasteiger partial charge in [-0.1, -0.05) is 45.2 Å². The van der Waals surface area contributed by atoms with Crippen molar-refractivity contribution in [3.63, 3.8) is 0 Å². The number of amides is 3. The van der Waals surface area contributed by atoms with Gasteiger partial charge in [-0.2, -0.15) is 0 Å². The molecule has 1 aliphatic carbocycles. The van der Waals surface area contributed by atoms with Crippen LogP contribution < -0.4 is 10.6 Å². The minimum absolute atomic E-state index is 0.107. The lowest BCUT2D eigenvalue weighted by Crippen LogP contribution is -2.60. The fourth-order valence-electron chi connectivity index (χ4n) is 4.56. The van der Waals surface area contributed by atoms with Gasteiger partial charge in [0.05, 0.1) is 7.11 Å². The first-order valence-corrected chi connectivity index (χ1v) is 12.3. The zero-order chi connectivity index (χ0) is 26.1. The maximum absolute atomic E-state index is 13.9. The number of benzene rings is 1. The van der Waals surface area contributed by atoms with Crippen molar-refractivity contribution in [2.45, 2.75) is 90.4 Å². The van der Waals surface area contributed by atoms with Gasteiger partial charge in [0.25, 0.3) is 0 Å². The lowest BCUT2D eigenvalue weighted by Gasteiger charge is -2.40. The summed E-state index contributed by atoms with van der Waals surface area (Å²) in [4.78, 5) is 52.9. The first-order valence-electron chi connectivity index (χ1n) is 12.3. The Kier molecular flexibility index (Phi) is 10.5. The number of carbonyl (C=O) groups is 4. The summed E-state index contributed by atoms with van der Waals surface area (Å²) in [6, 6.07) is 3.73. The number of nitrogens with one attached hydrogen (secondary N) is 2. The van der Waals surface area contributed by atoms with Gasteiger partial charge in [-0.3, -0.25) is 14.4 Å². The quantitative estimate of drug-likeness (QED) is 0.433. The number of aromatic hydroxyl groups is 1. The van der Waals surface area contributed by atoms with Crippen molar-refractivity contribution in [2.75, 3.05) is 7.11 Å². The van der Waals surface area contributed by atoms with Crippen molar-refractivity contribution in [1.82, 2.24) is 15.5 Å². The van der Waals surface area contributed by atoms with E-state index in [9.17, 15) is 24.3 Å².